The number of hydrogen-bond donors (Lipinski definition) is 2. The van der Waals surface area contributed by atoms with Crippen molar-refractivity contribution >= 4 is 62.4 Å². The maximum Gasteiger partial charge on any atom is 0.226 e. The third kappa shape index (κ3) is 5.75. The van der Waals surface area contributed by atoms with E-state index < -0.39 is 11.9 Å². The molecule has 1 amide bonds. The van der Waals surface area contributed by atoms with Gasteiger partial charge in [-0.2, -0.15) is 9.64 Å². The van der Waals surface area contributed by atoms with E-state index in [0.717, 1.165) is 53.7 Å². The van der Waals surface area contributed by atoms with Gasteiger partial charge in [0.2, 0.25) is 5.91 Å². The number of nitrogens with zero attached hydrogens (tertiary/aromatic N) is 5. The third-order valence-corrected chi connectivity index (χ3v) is 13.8. The summed E-state index contributed by atoms with van der Waals surface area (Å²) in [4.78, 5) is 21.2. The third-order valence-electron chi connectivity index (χ3n) is 12.2. The van der Waals surface area contributed by atoms with Crippen LogP contribution in [0.2, 0.25) is 10.0 Å². The number of rotatable bonds is 10. The first-order valence-corrected chi connectivity index (χ1v) is 20.4. The number of aromatic nitrogens is 3. The molecule has 5 aromatic rings. The maximum atomic E-state index is 17.4. The number of aryl methyl sites for hydroxylation is 2. The minimum absolute atomic E-state index is 0.00194. The van der Waals surface area contributed by atoms with Crippen molar-refractivity contribution in [2.75, 3.05) is 6.54 Å². The number of pyridine rings is 1. The molecule has 54 heavy (non-hydrogen) atoms. The number of aliphatic hydroxyl groups excluding tert-OH is 1. The summed E-state index contributed by atoms with van der Waals surface area (Å²) >= 11 is 14.6. The minimum Gasteiger partial charge on any atom is -0.387 e. The monoisotopic (exact) mass is 786 g/mol. The molecule has 0 radical (unpaired) electrons. The van der Waals surface area contributed by atoms with Crippen molar-refractivity contribution in [2.24, 2.45) is 11.8 Å². The number of fused-ring (bicyclic) bond motifs is 4. The van der Waals surface area contributed by atoms with Gasteiger partial charge < -0.3 is 24.6 Å². The lowest BCUT2D eigenvalue weighted by molar-refractivity contribution is -0.136. The van der Waals surface area contributed by atoms with Crippen LogP contribution in [0.5, 0.6) is 0 Å². The SMILES string of the molecule is Cc1csnc1CO[C@H]1C[C@H](c2cc3c(C(C)O)nc4c(F)c(-c5cccc(Cl)c5Cl)c(CCC#N)cc4c3n2[C@H]2[C@H]3CN[C@@H]2C3)N(C(=O)C2CC2)[C@@H]1C. The average molecular weight is 788 g/mol. The number of likely N-dealkylation sites (tertiary alicyclic amines) is 1. The molecule has 10 rings (SSSR count). The van der Waals surface area contributed by atoms with Crippen LogP contribution in [0.1, 0.15) is 92.3 Å². The van der Waals surface area contributed by atoms with Crippen LogP contribution in [0.3, 0.4) is 0 Å². The van der Waals surface area contributed by atoms with Crippen LogP contribution in [0.15, 0.2) is 35.7 Å². The Balaban J connectivity index is 1.28. The topological polar surface area (TPSA) is 116 Å². The summed E-state index contributed by atoms with van der Waals surface area (Å²) in [6, 6.07) is 11.1. The largest absolute Gasteiger partial charge is 0.387 e. The van der Waals surface area contributed by atoms with E-state index in [1.807, 2.05) is 23.3 Å². The van der Waals surface area contributed by atoms with Crippen LogP contribution in [0.4, 0.5) is 4.39 Å². The van der Waals surface area contributed by atoms with E-state index in [1.54, 1.807) is 25.1 Å². The van der Waals surface area contributed by atoms with Crippen LogP contribution < -0.4 is 5.32 Å². The Labute approximate surface area is 327 Å². The lowest BCUT2D eigenvalue weighted by atomic mass is 9.79. The van der Waals surface area contributed by atoms with Crippen LogP contribution in [0, 0.1) is 35.9 Å². The predicted octanol–water partition coefficient (Wildman–Crippen LogP) is 8.77. The molecular formula is C41H41Cl2FN6O3S. The van der Waals surface area contributed by atoms with Gasteiger partial charge in [-0.3, -0.25) is 4.79 Å². The van der Waals surface area contributed by atoms with Crippen molar-refractivity contribution in [1.82, 2.24) is 24.1 Å². The number of aliphatic hydroxyl groups is 1. The number of benzene rings is 2. The van der Waals surface area contributed by atoms with Gasteiger partial charge in [0.25, 0.3) is 0 Å². The van der Waals surface area contributed by atoms with Crippen LogP contribution in [-0.2, 0) is 22.6 Å². The van der Waals surface area contributed by atoms with Gasteiger partial charge in [-0.1, -0.05) is 35.3 Å². The van der Waals surface area contributed by atoms with E-state index in [0.29, 0.717) is 46.2 Å². The van der Waals surface area contributed by atoms with Crippen LogP contribution >= 0.6 is 34.7 Å². The zero-order chi connectivity index (χ0) is 37.6. The van der Waals surface area contributed by atoms with Gasteiger partial charge in [-0.05, 0) is 93.2 Å². The van der Waals surface area contributed by atoms with Gasteiger partial charge in [0.15, 0.2) is 5.82 Å². The van der Waals surface area contributed by atoms with Gasteiger partial charge in [-0.25, -0.2) is 9.37 Å². The van der Waals surface area contributed by atoms with Gasteiger partial charge in [0, 0.05) is 64.3 Å². The molecule has 0 spiro atoms. The second-order valence-corrected chi connectivity index (χ2v) is 17.0. The first kappa shape index (κ1) is 36.0. The maximum absolute atomic E-state index is 17.4. The molecule has 2 bridgehead atoms. The van der Waals surface area contributed by atoms with E-state index in [1.165, 1.54) is 11.5 Å². The molecule has 280 valence electrons. The Morgan fingerprint density at radius 1 is 1.24 bits per heavy atom. The number of carbonyl (C=O) groups excluding carboxylic acids is 1. The molecule has 6 heterocycles. The Morgan fingerprint density at radius 3 is 2.72 bits per heavy atom. The lowest BCUT2D eigenvalue weighted by Crippen LogP contribution is -2.43. The number of ether oxygens (including phenoxy) is 1. The average Bonchev–Trinajstić information content (AvgIpc) is 3.50. The summed E-state index contributed by atoms with van der Waals surface area (Å²) in [5.74, 6) is -0.0937. The Hall–Kier alpha value is -3.63. The molecule has 2 N–H and O–H groups in total. The Bertz CT molecular complexity index is 2350. The highest BCUT2D eigenvalue weighted by molar-refractivity contribution is 7.03. The van der Waals surface area contributed by atoms with E-state index in [4.69, 9.17) is 32.9 Å². The fourth-order valence-corrected chi connectivity index (χ4v) is 10.3. The van der Waals surface area contributed by atoms with Crippen molar-refractivity contribution < 1.29 is 19.0 Å². The Kier molecular flexibility index (Phi) is 9.23. The highest BCUT2D eigenvalue weighted by Gasteiger charge is 2.52. The summed E-state index contributed by atoms with van der Waals surface area (Å²) in [5, 5.41) is 28.5. The summed E-state index contributed by atoms with van der Waals surface area (Å²) in [6.45, 7) is 7.00. The zero-order valence-corrected chi connectivity index (χ0v) is 32.6. The molecule has 3 saturated heterocycles. The predicted molar refractivity (Wildman–Crippen MR) is 208 cm³/mol. The van der Waals surface area contributed by atoms with Gasteiger partial charge in [-0.15, -0.1) is 0 Å². The molecule has 13 heteroatoms. The molecule has 3 aliphatic heterocycles. The molecule has 5 aliphatic rings. The molecule has 2 saturated carbocycles. The molecule has 2 aromatic carbocycles. The van der Waals surface area contributed by atoms with Gasteiger partial charge in [0.1, 0.15) is 5.52 Å². The fourth-order valence-electron chi connectivity index (χ4n) is 9.28. The van der Waals surface area contributed by atoms with Gasteiger partial charge in [0.05, 0.1) is 70.0 Å². The van der Waals surface area contributed by atoms with E-state index in [9.17, 15) is 15.2 Å². The lowest BCUT2D eigenvalue weighted by Gasteiger charge is -2.39. The van der Waals surface area contributed by atoms with Crippen LogP contribution in [0.25, 0.3) is 32.9 Å². The van der Waals surface area contributed by atoms with Crippen molar-refractivity contribution in [1.29, 1.82) is 5.26 Å². The number of amides is 1. The van der Waals surface area contributed by atoms with Crippen LogP contribution in [-0.4, -0.2) is 54.6 Å². The minimum atomic E-state index is -1.02. The number of halogens is 3. The van der Waals surface area contributed by atoms with Crippen molar-refractivity contribution in [3.8, 4) is 17.2 Å². The zero-order valence-electron chi connectivity index (χ0n) is 30.3. The Morgan fingerprint density at radius 2 is 2.06 bits per heavy atom. The van der Waals surface area contributed by atoms with Crippen molar-refractivity contribution in [3.05, 3.63) is 79.8 Å². The van der Waals surface area contributed by atoms with E-state index in [-0.39, 0.29) is 71.0 Å². The molecule has 3 aromatic heterocycles. The molecule has 5 fully saturated rings. The summed E-state index contributed by atoms with van der Waals surface area (Å²) in [7, 11) is 0. The van der Waals surface area contributed by atoms with Crippen molar-refractivity contribution in [3.63, 3.8) is 0 Å². The highest BCUT2D eigenvalue weighted by Crippen LogP contribution is 2.52. The molecule has 7 atom stereocenters. The number of hydrogen-bond acceptors (Lipinski definition) is 8. The molecule has 1 unspecified atom stereocenters. The van der Waals surface area contributed by atoms with E-state index in [2.05, 4.69) is 33.3 Å². The number of nitrogens with one attached hydrogen (secondary N) is 1. The first-order chi connectivity index (χ1) is 26.1. The second kappa shape index (κ2) is 13.8. The van der Waals surface area contributed by atoms with Gasteiger partial charge >= 0.3 is 0 Å². The molecular weight excluding hydrogens is 746 g/mol. The fraction of sp³-hybridized carbons (Fsp3) is 0.463. The van der Waals surface area contributed by atoms with E-state index >= 15 is 4.39 Å². The quantitative estimate of drug-likeness (QED) is 0.145. The first-order valence-electron chi connectivity index (χ1n) is 18.8. The standard InChI is InChI=1S/C41H41Cl2FN6O3S/c1-19-18-54-48-30(19)17-53-33-15-32(49(20(33)2)41(52)22-9-10-22)31-14-27-37(21(3)51)47-38-26(40(27)50(31)39-24-13-29(39)46-16-24)12-23(6-5-11-45)34(36(38)44)25-7-4-8-28(42)35(25)43/h4,7-8,12,14,18,20-22,24,29,32-33,39,46,51H,5-6,9-10,13,15-17H2,1-3H3/t20-,21?,24-,29-,32-,33+,39+/m1/s1. The summed E-state index contributed by atoms with van der Waals surface area (Å²) < 4.78 is 30.9. The number of carbonyl (C=O) groups is 1. The molecule has 2 aliphatic carbocycles. The summed E-state index contributed by atoms with van der Waals surface area (Å²) in [6.07, 6.45) is 2.58. The summed E-state index contributed by atoms with van der Waals surface area (Å²) in [5.41, 5.74) is 5.49. The normalized spacial score (nSPS) is 25.4. The number of nitriles is 1. The molecule has 9 nitrogen and oxygen atoms in total. The smallest absolute Gasteiger partial charge is 0.226 e. The van der Waals surface area contributed by atoms with Crippen molar-refractivity contribution in [2.45, 2.75) is 102 Å². The highest BCUT2D eigenvalue weighted by atomic mass is 35.5. The second-order valence-electron chi connectivity index (χ2n) is 15.6.